The second-order valence-electron chi connectivity index (χ2n) is 7.24. The fourth-order valence-electron chi connectivity index (χ4n) is 4.31. The first-order chi connectivity index (χ1) is 13.6. The van der Waals surface area contributed by atoms with Gasteiger partial charge in [-0.25, -0.2) is 0 Å². The molecule has 2 aromatic carbocycles. The third-order valence-corrected chi connectivity index (χ3v) is 5.61. The Balaban J connectivity index is 1.73. The molecule has 1 aliphatic carbocycles. The minimum Gasteiger partial charge on any atom is -0.497 e. The molecule has 2 aromatic rings. The number of carbonyl (C=O) groups is 2. The van der Waals surface area contributed by atoms with Crippen molar-refractivity contribution in [2.24, 2.45) is 0 Å². The van der Waals surface area contributed by atoms with Gasteiger partial charge in [-0.05, 0) is 30.2 Å². The second-order valence-corrected chi connectivity index (χ2v) is 7.24. The molecule has 1 N–H and O–H groups in total. The Morgan fingerprint density at radius 1 is 0.929 bits per heavy atom. The van der Waals surface area contributed by atoms with Gasteiger partial charge < -0.3 is 14.8 Å². The molecule has 2 aliphatic rings. The predicted molar refractivity (Wildman–Crippen MR) is 105 cm³/mol. The van der Waals surface area contributed by atoms with E-state index in [1.807, 2.05) is 48.5 Å². The SMILES string of the molecule is COc1ccc(OC)c([C@H]2CC(=O)C3=C(C2)NC(=O)C[C@@H]3c2ccccc2)c1. The quantitative estimate of drug-likeness (QED) is 0.882. The molecule has 1 amide bonds. The number of rotatable bonds is 4. The van der Waals surface area contributed by atoms with Gasteiger partial charge >= 0.3 is 0 Å². The fraction of sp³-hybridized carbons (Fsp3) is 0.304. The molecular formula is C23H23NO4. The zero-order valence-corrected chi connectivity index (χ0v) is 16.0. The van der Waals surface area contributed by atoms with Gasteiger partial charge in [0.05, 0.1) is 14.2 Å². The molecule has 0 spiro atoms. The largest absolute Gasteiger partial charge is 0.497 e. The van der Waals surface area contributed by atoms with Crippen LogP contribution >= 0.6 is 0 Å². The smallest absolute Gasteiger partial charge is 0.225 e. The van der Waals surface area contributed by atoms with E-state index in [-0.39, 0.29) is 23.5 Å². The molecular weight excluding hydrogens is 354 g/mol. The van der Waals surface area contributed by atoms with E-state index in [4.69, 9.17) is 9.47 Å². The first-order valence-electron chi connectivity index (χ1n) is 9.43. The summed E-state index contributed by atoms with van der Waals surface area (Å²) in [6.07, 6.45) is 1.29. The summed E-state index contributed by atoms with van der Waals surface area (Å²) in [5, 5.41) is 2.96. The van der Waals surface area contributed by atoms with Crippen LogP contribution in [0.3, 0.4) is 0 Å². The van der Waals surface area contributed by atoms with Crippen molar-refractivity contribution in [3.8, 4) is 11.5 Å². The molecule has 0 bridgehead atoms. The lowest BCUT2D eigenvalue weighted by atomic mass is 9.73. The van der Waals surface area contributed by atoms with Crippen molar-refractivity contribution >= 4 is 11.7 Å². The van der Waals surface area contributed by atoms with Gasteiger partial charge in [0.25, 0.3) is 0 Å². The highest BCUT2D eigenvalue weighted by molar-refractivity contribution is 6.02. The predicted octanol–water partition coefficient (Wildman–Crippen LogP) is 3.71. The van der Waals surface area contributed by atoms with E-state index < -0.39 is 0 Å². The topological polar surface area (TPSA) is 64.6 Å². The second kappa shape index (κ2) is 7.50. The molecule has 2 atom stereocenters. The summed E-state index contributed by atoms with van der Waals surface area (Å²) in [7, 11) is 3.23. The number of allylic oxidation sites excluding steroid dienone is 2. The van der Waals surface area contributed by atoms with Crippen LogP contribution in [-0.4, -0.2) is 25.9 Å². The lowest BCUT2D eigenvalue weighted by Gasteiger charge is -2.34. The summed E-state index contributed by atoms with van der Waals surface area (Å²) in [6, 6.07) is 15.4. The highest BCUT2D eigenvalue weighted by atomic mass is 16.5. The van der Waals surface area contributed by atoms with Crippen molar-refractivity contribution in [2.45, 2.75) is 31.1 Å². The van der Waals surface area contributed by atoms with Crippen LogP contribution in [0.1, 0.15) is 42.2 Å². The molecule has 1 heterocycles. The number of nitrogens with one attached hydrogen (secondary N) is 1. The van der Waals surface area contributed by atoms with Crippen molar-refractivity contribution in [2.75, 3.05) is 14.2 Å². The molecule has 0 saturated carbocycles. The van der Waals surface area contributed by atoms with Gasteiger partial charge in [0, 0.05) is 41.5 Å². The molecule has 144 valence electrons. The van der Waals surface area contributed by atoms with E-state index in [1.165, 1.54) is 0 Å². The van der Waals surface area contributed by atoms with E-state index in [1.54, 1.807) is 14.2 Å². The number of amides is 1. The lowest BCUT2D eigenvalue weighted by molar-refractivity contribution is -0.122. The highest BCUT2D eigenvalue weighted by Crippen LogP contribution is 2.44. The minimum atomic E-state index is -0.175. The number of benzene rings is 2. The number of ether oxygens (including phenoxy) is 2. The van der Waals surface area contributed by atoms with Crippen LogP contribution in [0.2, 0.25) is 0 Å². The van der Waals surface area contributed by atoms with Crippen molar-refractivity contribution in [3.63, 3.8) is 0 Å². The summed E-state index contributed by atoms with van der Waals surface area (Å²) in [5.41, 5.74) is 3.44. The maximum atomic E-state index is 13.2. The number of carbonyl (C=O) groups excluding carboxylic acids is 2. The van der Waals surface area contributed by atoms with Gasteiger partial charge in [-0.15, -0.1) is 0 Å². The molecule has 4 rings (SSSR count). The van der Waals surface area contributed by atoms with Gasteiger partial charge in [-0.2, -0.15) is 0 Å². The maximum absolute atomic E-state index is 13.2. The zero-order chi connectivity index (χ0) is 19.7. The van der Waals surface area contributed by atoms with E-state index in [0.29, 0.717) is 19.3 Å². The third kappa shape index (κ3) is 3.28. The van der Waals surface area contributed by atoms with Gasteiger partial charge in [-0.3, -0.25) is 9.59 Å². The Labute approximate surface area is 164 Å². The first kappa shape index (κ1) is 18.3. The number of hydrogen-bond donors (Lipinski definition) is 1. The van der Waals surface area contributed by atoms with E-state index in [2.05, 4.69) is 5.32 Å². The summed E-state index contributed by atoms with van der Waals surface area (Å²) < 4.78 is 10.9. The fourth-order valence-corrected chi connectivity index (χ4v) is 4.31. The number of Topliss-reactive ketones (excluding diaryl/α,β-unsaturated/α-hetero) is 1. The average molecular weight is 377 g/mol. The summed E-state index contributed by atoms with van der Waals surface area (Å²) in [5.74, 6) is 1.25. The number of methoxy groups -OCH3 is 2. The average Bonchev–Trinajstić information content (AvgIpc) is 2.72. The molecule has 0 unspecified atom stereocenters. The van der Waals surface area contributed by atoms with E-state index in [0.717, 1.165) is 33.9 Å². The first-order valence-corrected chi connectivity index (χ1v) is 9.43. The summed E-state index contributed by atoms with van der Waals surface area (Å²) in [6.45, 7) is 0. The monoisotopic (exact) mass is 377 g/mol. The van der Waals surface area contributed by atoms with Crippen LogP contribution < -0.4 is 14.8 Å². The lowest BCUT2D eigenvalue weighted by Crippen LogP contribution is -2.38. The van der Waals surface area contributed by atoms with Crippen LogP contribution in [0.15, 0.2) is 59.8 Å². The van der Waals surface area contributed by atoms with E-state index in [9.17, 15) is 9.59 Å². The Hall–Kier alpha value is -3.08. The molecule has 1 aliphatic heterocycles. The number of hydrogen-bond acceptors (Lipinski definition) is 4. The molecule has 0 saturated heterocycles. The van der Waals surface area contributed by atoms with Gasteiger partial charge in [0.2, 0.25) is 5.91 Å². The molecule has 28 heavy (non-hydrogen) atoms. The van der Waals surface area contributed by atoms with Crippen molar-refractivity contribution < 1.29 is 19.1 Å². The van der Waals surface area contributed by atoms with Gasteiger partial charge in [-0.1, -0.05) is 30.3 Å². The summed E-state index contributed by atoms with van der Waals surface area (Å²) in [4.78, 5) is 25.5. The Bertz CT molecular complexity index is 948. The molecule has 5 heteroatoms. The molecule has 5 nitrogen and oxygen atoms in total. The van der Waals surface area contributed by atoms with Crippen molar-refractivity contribution in [1.82, 2.24) is 5.32 Å². The molecule has 0 aromatic heterocycles. The minimum absolute atomic E-state index is 0.0429. The van der Waals surface area contributed by atoms with Gasteiger partial charge in [0.15, 0.2) is 5.78 Å². The van der Waals surface area contributed by atoms with Crippen LogP contribution in [0.5, 0.6) is 11.5 Å². The van der Waals surface area contributed by atoms with Gasteiger partial charge in [0.1, 0.15) is 11.5 Å². The zero-order valence-electron chi connectivity index (χ0n) is 16.0. The van der Waals surface area contributed by atoms with Crippen molar-refractivity contribution in [3.05, 3.63) is 70.9 Å². The van der Waals surface area contributed by atoms with E-state index >= 15 is 0 Å². The normalized spacial score (nSPS) is 21.8. The highest BCUT2D eigenvalue weighted by Gasteiger charge is 2.38. The Kier molecular flexibility index (Phi) is 4.90. The third-order valence-electron chi connectivity index (χ3n) is 5.61. The van der Waals surface area contributed by atoms with Crippen LogP contribution in [-0.2, 0) is 9.59 Å². The van der Waals surface area contributed by atoms with Crippen LogP contribution in [0.25, 0.3) is 0 Å². The maximum Gasteiger partial charge on any atom is 0.225 e. The van der Waals surface area contributed by atoms with Crippen LogP contribution in [0, 0.1) is 0 Å². The Morgan fingerprint density at radius 2 is 1.71 bits per heavy atom. The standard InChI is InChI=1S/C23H23NO4/c1-27-16-8-9-21(28-2)17(12-16)15-10-19-23(20(25)11-15)18(13-22(26)24-19)14-6-4-3-5-7-14/h3-9,12,15,18H,10-11,13H2,1-2H3,(H,24,26)/t15-,18-/m1/s1. The Morgan fingerprint density at radius 3 is 2.43 bits per heavy atom. The van der Waals surface area contributed by atoms with Crippen molar-refractivity contribution in [1.29, 1.82) is 0 Å². The molecule has 0 radical (unpaired) electrons. The molecule has 0 fully saturated rings. The number of ketones is 1. The van der Waals surface area contributed by atoms with Crippen LogP contribution in [0.4, 0.5) is 0 Å². The summed E-state index contributed by atoms with van der Waals surface area (Å²) >= 11 is 0.